The highest BCUT2D eigenvalue weighted by Crippen LogP contribution is 2.40. The molecule has 0 atom stereocenters. The summed E-state index contributed by atoms with van der Waals surface area (Å²) < 4.78 is 4.30. The number of fused-ring (bicyclic) bond motifs is 6. The van der Waals surface area contributed by atoms with Gasteiger partial charge in [0.25, 0.3) is 0 Å². The number of benzene rings is 6. The van der Waals surface area contributed by atoms with Crippen LogP contribution in [0, 0.1) is 68.0 Å². The van der Waals surface area contributed by atoms with Crippen molar-refractivity contribution in [2.75, 3.05) is 0 Å². The lowest BCUT2D eigenvalue weighted by molar-refractivity contribution is 0.775. The molecule has 0 aliphatic heterocycles. The Hall–Kier alpha value is -8.14. The second kappa shape index (κ2) is 11.3. The van der Waals surface area contributed by atoms with E-state index in [0.717, 1.165) is 43.6 Å². The fourth-order valence-electron chi connectivity index (χ4n) is 7.03. The van der Waals surface area contributed by atoms with Gasteiger partial charge in [0.1, 0.15) is 0 Å². The van der Waals surface area contributed by atoms with Gasteiger partial charge in [-0.2, -0.15) is 31.6 Å². The van der Waals surface area contributed by atoms with Crippen LogP contribution in [0.5, 0.6) is 0 Å². The van der Waals surface area contributed by atoms with Crippen LogP contribution < -0.4 is 0 Å². The molecule has 0 aliphatic carbocycles. The summed E-state index contributed by atoms with van der Waals surface area (Å²) in [7, 11) is 0. The zero-order valence-corrected chi connectivity index (χ0v) is 26.0. The SMILES string of the molecule is N#Cc1cc(C#N)c(-c2ccc3c(c2)c2ccccc2n3-n2c3ccccc3c3cc(-c4c(C#N)cc(C#N)cc4C#N)ccc32)c(C#N)c1. The molecule has 6 aromatic carbocycles. The molecule has 0 radical (unpaired) electrons. The van der Waals surface area contributed by atoms with E-state index in [9.17, 15) is 31.6 Å². The summed E-state index contributed by atoms with van der Waals surface area (Å²) in [6.07, 6.45) is 0. The summed E-state index contributed by atoms with van der Waals surface area (Å²) in [5, 5.41) is 62.6. The Kier molecular flexibility index (Phi) is 6.60. The van der Waals surface area contributed by atoms with E-state index >= 15 is 0 Å². The fraction of sp³-hybridized carbons (Fsp3) is 0. The predicted molar refractivity (Wildman–Crippen MR) is 189 cm³/mol. The highest BCUT2D eigenvalue weighted by Gasteiger charge is 2.21. The molecule has 8 rings (SSSR count). The predicted octanol–water partition coefficient (Wildman–Crippen LogP) is 8.78. The van der Waals surface area contributed by atoms with E-state index in [1.54, 1.807) is 0 Å². The van der Waals surface area contributed by atoms with Crippen LogP contribution in [-0.2, 0) is 0 Å². The smallest absolute Gasteiger partial charge is 0.0999 e. The van der Waals surface area contributed by atoms with Crippen molar-refractivity contribution in [1.29, 1.82) is 31.6 Å². The molecule has 8 heteroatoms. The minimum Gasteiger partial charge on any atom is -0.248 e. The minimum absolute atomic E-state index is 0.251. The molecule has 0 unspecified atom stereocenters. The van der Waals surface area contributed by atoms with E-state index in [1.165, 1.54) is 24.3 Å². The van der Waals surface area contributed by atoms with E-state index in [1.807, 2.05) is 97.1 Å². The normalized spacial score (nSPS) is 10.7. The second-order valence-electron chi connectivity index (χ2n) is 11.7. The third-order valence-electron chi connectivity index (χ3n) is 9.09. The minimum atomic E-state index is 0.251. The third kappa shape index (κ3) is 4.19. The van der Waals surface area contributed by atoms with Gasteiger partial charge in [0.05, 0.1) is 91.9 Å². The van der Waals surface area contributed by atoms with Gasteiger partial charge in [-0.25, -0.2) is 9.35 Å². The second-order valence-corrected chi connectivity index (χ2v) is 11.7. The van der Waals surface area contributed by atoms with Gasteiger partial charge in [-0.3, -0.25) is 0 Å². The molecule has 50 heavy (non-hydrogen) atoms. The van der Waals surface area contributed by atoms with Crippen molar-refractivity contribution in [3.8, 4) is 58.7 Å². The average Bonchev–Trinajstić information content (AvgIpc) is 3.67. The van der Waals surface area contributed by atoms with Crippen LogP contribution in [0.1, 0.15) is 33.4 Å². The Morgan fingerprint density at radius 2 is 0.680 bits per heavy atom. The summed E-state index contributed by atoms with van der Waals surface area (Å²) >= 11 is 0. The lowest BCUT2D eigenvalue weighted by atomic mass is 9.92. The van der Waals surface area contributed by atoms with Gasteiger partial charge < -0.3 is 0 Å². The van der Waals surface area contributed by atoms with Crippen molar-refractivity contribution in [3.63, 3.8) is 0 Å². The number of para-hydroxylation sites is 2. The number of hydrogen-bond donors (Lipinski definition) is 0. The van der Waals surface area contributed by atoms with Crippen molar-refractivity contribution >= 4 is 43.6 Å². The maximum Gasteiger partial charge on any atom is 0.0999 e. The van der Waals surface area contributed by atoms with Crippen molar-refractivity contribution in [1.82, 2.24) is 9.35 Å². The molecule has 0 N–H and O–H groups in total. The van der Waals surface area contributed by atoms with Crippen molar-refractivity contribution in [2.24, 2.45) is 0 Å². The van der Waals surface area contributed by atoms with Crippen LogP contribution in [0.3, 0.4) is 0 Å². The first-order valence-electron chi connectivity index (χ1n) is 15.4. The van der Waals surface area contributed by atoms with Gasteiger partial charge in [-0.15, -0.1) is 0 Å². The first kappa shape index (κ1) is 29.3. The quantitative estimate of drug-likeness (QED) is 0.189. The van der Waals surface area contributed by atoms with Crippen LogP contribution in [0.2, 0.25) is 0 Å². The number of rotatable bonds is 3. The molecular weight excluding hydrogens is 617 g/mol. The molecule has 0 bridgehead atoms. The van der Waals surface area contributed by atoms with Crippen LogP contribution >= 0.6 is 0 Å². The summed E-state index contributed by atoms with van der Waals surface area (Å²) in [6.45, 7) is 0. The van der Waals surface area contributed by atoms with Crippen LogP contribution in [0.15, 0.2) is 109 Å². The Balaban J connectivity index is 1.43. The first-order valence-corrected chi connectivity index (χ1v) is 15.4. The molecule has 0 saturated carbocycles. The largest absolute Gasteiger partial charge is 0.248 e. The first-order chi connectivity index (χ1) is 24.5. The Morgan fingerprint density at radius 3 is 1.02 bits per heavy atom. The van der Waals surface area contributed by atoms with Crippen molar-refractivity contribution in [3.05, 3.63) is 143 Å². The Morgan fingerprint density at radius 1 is 0.340 bits per heavy atom. The van der Waals surface area contributed by atoms with Gasteiger partial charge in [-0.1, -0.05) is 48.5 Å². The molecule has 0 spiro atoms. The van der Waals surface area contributed by atoms with Gasteiger partial charge in [0.2, 0.25) is 0 Å². The number of nitriles is 6. The molecule has 2 aromatic heterocycles. The van der Waals surface area contributed by atoms with E-state index in [-0.39, 0.29) is 33.4 Å². The zero-order chi connectivity index (χ0) is 34.5. The number of nitrogens with zero attached hydrogens (tertiary/aromatic N) is 8. The van der Waals surface area contributed by atoms with Crippen LogP contribution in [-0.4, -0.2) is 9.35 Å². The molecule has 0 saturated heterocycles. The zero-order valence-electron chi connectivity index (χ0n) is 26.0. The number of hydrogen-bond acceptors (Lipinski definition) is 6. The van der Waals surface area contributed by atoms with Crippen LogP contribution in [0.4, 0.5) is 0 Å². The Labute approximate surface area is 285 Å². The van der Waals surface area contributed by atoms with E-state index < -0.39 is 0 Å². The molecular formula is C42H18N8. The molecule has 8 aromatic rings. The van der Waals surface area contributed by atoms with Gasteiger partial charge >= 0.3 is 0 Å². The number of aromatic nitrogens is 2. The summed E-state index contributed by atoms with van der Waals surface area (Å²) in [6, 6.07) is 46.6. The van der Waals surface area contributed by atoms with Crippen molar-refractivity contribution in [2.45, 2.75) is 0 Å². The molecule has 0 aliphatic rings. The van der Waals surface area contributed by atoms with E-state index in [4.69, 9.17) is 0 Å². The lowest BCUT2D eigenvalue weighted by Crippen LogP contribution is -2.08. The monoisotopic (exact) mass is 634 g/mol. The average molecular weight is 635 g/mol. The molecule has 2 heterocycles. The van der Waals surface area contributed by atoms with Gasteiger partial charge in [-0.05, 0) is 71.8 Å². The molecule has 226 valence electrons. The maximum absolute atomic E-state index is 9.99. The molecule has 0 amide bonds. The molecule has 0 fully saturated rings. The maximum atomic E-state index is 9.99. The van der Waals surface area contributed by atoms with E-state index in [0.29, 0.717) is 22.3 Å². The summed E-state index contributed by atoms with van der Waals surface area (Å²) in [5.41, 5.74) is 7.48. The highest BCUT2D eigenvalue weighted by atomic mass is 15.5. The van der Waals surface area contributed by atoms with E-state index in [2.05, 4.69) is 33.6 Å². The van der Waals surface area contributed by atoms with Crippen molar-refractivity contribution < 1.29 is 0 Å². The lowest BCUT2D eigenvalue weighted by Gasteiger charge is -2.14. The van der Waals surface area contributed by atoms with Crippen LogP contribution in [0.25, 0.3) is 65.9 Å². The Bertz CT molecular complexity index is 2780. The summed E-state index contributed by atoms with van der Waals surface area (Å²) in [4.78, 5) is 0. The highest BCUT2D eigenvalue weighted by molar-refractivity contribution is 6.13. The van der Waals surface area contributed by atoms with Gasteiger partial charge in [0.15, 0.2) is 0 Å². The topological polar surface area (TPSA) is 153 Å². The summed E-state index contributed by atoms with van der Waals surface area (Å²) in [5.74, 6) is 0. The standard InChI is InChI=1S/C42H18N8/c43-19-25-13-29(21-45)41(30(14-25)22-46)27-9-11-39-35(17-27)33-5-1-3-7-37(33)49(39)50-38-8-4-2-6-34(38)36-18-28(10-12-40(36)50)42-31(23-47)15-26(20-44)16-32(42)24-48/h1-18H. The third-order valence-corrected chi connectivity index (χ3v) is 9.09. The molecule has 8 nitrogen and oxygen atoms in total. The fourth-order valence-corrected chi connectivity index (χ4v) is 7.03. The van der Waals surface area contributed by atoms with Gasteiger partial charge in [0, 0.05) is 32.7 Å².